The fourth-order valence-corrected chi connectivity index (χ4v) is 2.06. The monoisotopic (exact) mass is 362 g/mol. The van der Waals surface area contributed by atoms with Crippen LogP contribution in [0.3, 0.4) is 0 Å². The third-order valence-electron chi connectivity index (χ3n) is 3.28. The quantitative estimate of drug-likeness (QED) is 0.706. The third kappa shape index (κ3) is 7.28. The summed E-state index contributed by atoms with van der Waals surface area (Å²) in [6, 6.07) is 17.2. The minimum absolute atomic E-state index is 0. The van der Waals surface area contributed by atoms with Gasteiger partial charge in [0.25, 0.3) is 0 Å². The number of nitrogens with one attached hydrogen (secondary N) is 2. The molecule has 6 nitrogen and oxygen atoms in total. The predicted octanol–water partition coefficient (Wildman–Crippen LogP) is 2.42. The topological polar surface area (TPSA) is 87.7 Å². The summed E-state index contributed by atoms with van der Waals surface area (Å²) in [6.07, 6.45) is -0.612. The smallest absolute Gasteiger partial charge is 0.408 e. The van der Waals surface area contributed by atoms with Crippen molar-refractivity contribution in [3.8, 4) is 0 Å². The lowest BCUT2D eigenvalue weighted by atomic mass is 10.2. The Morgan fingerprint density at radius 2 is 1.60 bits per heavy atom. The number of aliphatic hydroxyl groups is 1. The van der Waals surface area contributed by atoms with Gasteiger partial charge < -0.3 is 20.5 Å². The van der Waals surface area contributed by atoms with E-state index in [2.05, 4.69) is 10.6 Å². The van der Waals surface area contributed by atoms with Gasteiger partial charge in [-0.3, -0.25) is 4.79 Å². The zero-order valence-electron chi connectivity index (χ0n) is 13.6. The van der Waals surface area contributed by atoms with E-state index in [-0.39, 0.29) is 33.1 Å². The largest absolute Gasteiger partial charge is 0.445 e. The first-order chi connectivity index (χ1) is 11.7. The minimum atomic E-state index is -0.876. The summed E-state index contributed by atoms with van der Waals surface area (Å²) in [5.74, 6) is -0.410. The summed E-state index contributed by atoms with van der Waals surface area (Å²) in [5, 5.41) is 14.3. The Morgan fingerprint density at radius 3 is 2.20 bits per heavy atom. The molecule has 7 heteroatoms. The Bertz CT molecular complexity index is 653. The highest BCUT2D eigenvalue weighted by molar-refractivity contribution is 7.59. The Kier molecular flexibility index (Phi) is 9.13. The second-order valence-electron chi connectivity index (χ2n) is 5.13. The molecule has 0 fully saturated rings. The number of para-hydroxylation sites is 1. The van der Waals surface area contributed by atoms with Gasteiger partial charge >= 0.3 is 6.09 Å². The van der Waals surface area contributed by atoms with E-state index in [9.17, 15) is 9.59 Å². The van der Waals surface area contributed by atoms with Crippen LogP contribution in [0.1, 0.15) is 12.0 Å². The van der Waals surface area contributed by atoms with Gasteiger partial charge in [0.05, 0.1) is 0 Å². The van der Waals surface area contributed by atoms with Crippen molar-refractivity contribution in [3.63, 3.8) is 0 Å². The lowest BCUT2D eigenvalue weighted by molar-refractivity contribution is -0.118. The number of amides is 2. The van der Waals surface area contributed by atoms with Crippen molar-refractivity contribution in [2.45, 2.75) is 19.1 Å². The molecule has 0 saturated heterocycles. The minimum Gasteiger partial charge on any atom is -0.445 e. The standard InChI is InChI=1S/C18H20N2O4.H2S/c21-12-11-16(17(22)19-15-9-5-2-6-10-15)20-18(23)24-13-14-7-3-1-4-8-14;/h1-10,16,21H,11-13H2,(H,19,22)(H,20,23);1H2/t16-;/m0./s1. The average molecular weight is 362 g/mol. The summed E-state index contributed by atoms with van der Waals surface area (Å²) in [4.78, 5) is 24.1. The normalized spacial score (nSPS) is 10.9. The number of carbonyl (C=O) groups is 2. The van der Waals surface area contributed by atoms with Crippen molar-refractivity contribution < 1.29 is 19.4 Å². The van der Waals surface area contributed by atoms with Crippen molar-refractivity contribution in [2.75, 3.05) is 11.9 Å². The van der Waals surface area contributed by atoms with Crippen LogP contribution in [0.5, 0.6) is 0 Å². The molecule has 0 heterocycles. The SMILES string of the molecule is O=C(N[C@@H](CCO)C(=O)Nc1ccccc1)OCc1ccccc1.S. The van der Waals surface area contributed by atoms with Gasteiger partial charge in [-0.25, -0.2) is 4.79 Å². The summed E-state index contributed by atoms with van der Waals surface area (Å²) >= 11 is 0. The molecule has 2 aromatic rings. The molecule has 2 rings (SSSR count). The number of hydrogen-bond donors (Lipinski definition) is 3. The van der Waals surface area contributed by atoms with Crippen LogP contribution in [0.15, 0.2) is 60.7 Å². The average Bonchev–Trinajstić information content (AvgIpc) is 2.61. The molecule has 25 heavy (non-hydrogen) atoms. The highest BCUT2D eigenvalue weighted by Gasteiger charge is 2.21. The molecular weight excluding hydrogens is 340 g/mol. The fourth-order valence-electron chi connectivity index (χ4n) is 2.06. The maximum Gasteiger partial charge on any atom is 0.408 e. The van der Waals surface area contributed by atoms with Crippen LogP contribution >= 0.6 is 13.5 Å². The van der Waals surface area contributed by atoms with E-state index in [0.29, 0.717) is 5.69 Å². The molecular formula is C18H22N2O4S. The van der Waals surface area contributed by atoms with Gasteiger partial charge in [-0.05, 0) is 24.1 Å². The van der Waals surface area contributed by atoms with E-state index < -0.39 is 18.0 Å². The maximum absolute atomic E-state index is 12.2. The fraction of sp³-hybridized carbons (Fsp3) is 0.222. The van der Waals surface area contributed by atoms with Crippen molar-refractivity contribution in [3.05, 3.63) is 66.2 Å². The zero-order valence-corrected chi connectivity index (χ0v) is 14.6. The molecule has 0 aliphatic heterocycles. The Labute approximate surface area is 153 Å². The summed E-state index contributed by atoms with van der Waals surface area (Å²) in [5.41, 5.74) is 1.46. The second kappa shape index (κ2) is 11.1. The van der Waals surface area contributed by atoms with Gasteiger partial charge in [0.1, 0.15) is 12.6 Å². The Balaban J connectivity index is 0.00000312. The lowest BCUT2D eigenvalue weighted by Crippen LogP contribution is -2.44. The zero-order chi connectivity index (χ0) is 17.2. The molecule has 1 atom stereocenters. The second-order valence-corrected chi connectivity index (χ2v) is 5.13. The number of anilines is 1. The van der Waals surface area contributed by atoms with Crippen LogP contribution in [0, 0.1) is 0 Å². The third-order valence-corrected chi connectivity index (χ3v) is 3.28. The first kappa shape index (κ1) is 20.5. The molecule has 134 valence electrons. The van der Waals surface area contributed by atoms with Crippen LogP contribution in [-0.4, -0.2) is 29.8 Å². The molecule has 0 saturated carbocycles. The number of benzene rings is 2. The first-order valence-corrected chi connectivity index (χ1v) is 7.63. The molecule has 0 bridgehead atoms. The number of aliphatic hydroxyl groups excluding tert-OH is 1. The molecule has 0 aliphatic rings. The number of rotatable bonds is 7. The van der Waals surface area contributed by atoms with Gasteiger partial charge in [-0.1, -0.05) is 48.5 Å². The van der Waals surface area contributed by atoms with Crippen LogP contribution < -0.4 is 10.6 Å². The van der Waals surface area contributed by atoms with Crippen LogP contribution in [0.2, 0.25) is 0 Å². The number of alkyl carbamates (subject to hydrolysis) is 1. The summed E-state index contributed by atoms with van der Waals surface area (Å²) in [6.45, 7) is -0.120. The molecule has 0 unspecified atom stereocenters. The number of hydrogen-bond acceptors (Lipinski definition) is 4. The van der Waals surface area contributed by atoms with E-state index in [1.807, 2.05) is 36.4 Å². The number of ether oxygens (including phenoxy) is 1. The molecule has 3 N–H and O–H groups in total. The lowest BCUT2D eigenvalue weighted by Gasteiger charge is -2.17. The van der Waals surface area contributed by atoms with Crippen molar-refractivity contribution in [1.82, 2.24) is 5.32 Å². The predicted molar refractivity (Wildman–Crippen MR) is 101 cm³/mol. The maximum atomic E-state index is 12.2. The Morgan fingerprint density at radius 1 is 1.00 bits per heavy atom. The van der Waals surface area contributed by atoms with Gasteiger partial charge in [0.15, 0.2) is 0 Å². The number of carbonyl (C=O) groups excluding carboxylic acids is 2. The van der Waals surface area contributed by atoms with E-state index in [0.717, 1.165) is 5.56 Å². The van der Waals surface area contributed by atoms with E-state index >= 15 is 0 Å². The van der Waals surface area contributed by atoms with Crippen LogP contribution in [0.25, 0.3) is 0 Å². The van der Waals surface area contributed by atoms with Gasteiger partial charge in [-0.2, -0.15) is 13.5 Å². The van der Waals surface area contributed by atoms with Crippen LogP contribution in [-0.2, 0) is 16.1 Å². The highest BCUT2D eigenvalue weighted by atomic mass is 32.1. The van der Waals surface area contributed by atoms with E-state index in [1.54, 1.807) is 24.3 Å². The molecule has 0 aliphatic carbocycles. The van der Waals surface area contributed by atoms with Crippen molar-refractivity contribution in [2.24, 2.45) is 0 Å². The van der Waals surface area contributed by atoms with Gasteiger partial charge in [0.2, 0.25) is 5.91 Å². The Hall–Kier alpha value is -2.51. The molecule has 2 amide bonds. The highest BCUT2D eigenvalue weighted by Crippen LogP contribution is 2.07. The van der Waals surface area contributed by atoms with Crippen LogP contribution in [0.4, 0.5) is 10.5 Å². The molecule has 0 aromatic heterocycles. The van der Waals surface area contributed by atoms with E-state index in [4.69, 9.17) is 9.84 Å². The van der Waals surface area contributed by atoms with E-state index in [1.165, 1.54) is 0 Å². The molecule has 0 radical (unpaired) electrons. The van der Waals surface area contributed by atoms with Gasteiger partial charge in [-0.15, -0.1) is 0 Å². The molecule has 2 aromatic carbocycles. The summed E-state index contributed by atoms with van der Waals surface area (Å²) in [7, 11) is 0. The molecule has 0 spiro atoms. The van der Waals surface area contributed by atoms with Gasteiger partial charge in [0, 0.05) is 12.3 Å². The summed E-state index contributed by atoms with van der Waals surface area (Å²) < 4.78 is 5.09. The van der Waals surface area contributed by atoms with Crippen molar-refractivity contribution >= 4 is 31.2 Å². The van der Waals surface area contributed by atoms with Crippen molar-refractivity contribution in [1.29, 1.82) is 0 Å². The first-order valence-electron chi connectivity index (χ1n) is 7.63.